The van der Waals surface area contributed by atoms with Crippen molar-refractivity contribution < 1.29 is 9.59 Å². The Morgan fingerprint density at radius 3 is 2.50 bits per heavy atom. The molecule has 5 aromatic rings. The monoisotopic (exact) mass is 496 g/mol. The molecule has 2 amide bonds. The van der Waals surface area contributed by atoms with Crippen molar-refractivity contribution in [3.05, 3.63) is 84.6 Å². The number of hydrogen-bond acceptors (Lipinski definition) is 5. The number of H-pyrrole nitrogens is 1. The molecule has 0 fully saturated rings. The first-order chi connectivity index (χ1) is 17.5. The molecular weight excluding hydrogens is 472 g/mol. The van der Waals surface area contributed by atoms with Gasteiger partial charge in [0.05, 0.1) is 11.4 Å². The molecule has 3 N–H and O–H groups in total. The summed E-state index contributed by atoms with van der Waals surface area (Å²) in [6, 6.07) is 23.1. The number of aryl methyl sites for hydroxylation is 1. The lowest BCUT2D eigenvalue weighted by Crippen LogP contribution is -2.15. The highest BCUT2D eigenvalue weighted by Gasteiger charge is 2.20. The van der Waals surface area contributed by atoms with Gasteiger partial charge in [-0.1, -0.05) is 54.2 Å². The quantitative estimate of drug-likeness (QED) is 0.261. The van der Waals surface area contributed by atoms with Crippen LogP contribution in [0.1, 0.15) is 12.5 Å². The Kier molecular flexibility index (Phi) is 6.55. The smallest absolute Gasteiger partial charge is 0.234 e. The predicted octanol–water partition coefficient (Wildman–Crippen LogP) is 5.41. The standard InChI is InChI=1S/C27H24N6O2S/c1-17-8-3-6-13-24(17)33-26(22-15-28-23-12-5-4-11-21(22)23)31-32-27(33)36-16-25(35)30-20-10-7-9-19(14-20)29-18(2)34/h3-15,28H,16H2,1-2H3,(H,29,34)(H,30,35). The van der Waals surface area contributed by atoms with Crippen LogP contribution in [0, 0.1) is 6.92 Å². The van der Waals surface area contributed by atoms with Gasteiger partial charge in [-0.05, 0) is 42.8 Å². The average Bonchev–Trinajstić information content (AvgIpc) is 3.47. The summed E-state index contributed by atoms with van der Waals surface area (Å²) >= 11 is 1.31. The van der Waals surface area contributed by atoms with Gasteiger partial charge in [0.1, 0.15) is 0 Å². The minimum atomic E-state index is -0.187. The summed E-state index contributed by atoms with van der Waals surface area (Å²) in [7, 11) is 0. The third-order valence-corrected chi connectivity index (χ3v) is 6.55. The second kappa shape index (κ2) is 10.1. The van der Waals surface area contributed by atoms with E-state index >= 15 is 0 Å². The summed E-state index contributed by atoms with van der Waals surface area (Å²) in [5.74, 6) is 0.485. The van der Waals surface area contributed by atoms with Crippen LogP contribution in [-0.2, 0) is 9.59 Å². The van der Waals surface area contributed by atoms with Crippen LogP contribution in [0.3, 0.4) is 0 Å². The molecule has 5 rings (SSSR count). The zero-order valence-corrected chi connectivity index (χ0v) is 20.6. The number of carbonyl (C=O) groups is 2. The first kappa shape index (κ1) is 23.4. The van der Waals surface area contributed by atoms with Crippen LogP contribution < -0.4 is 10.6 Å². The first-order valence-corrected chi connectivity index (χ1v) is 12.4. The van der Waals surface area contributed by atoms with Gasteiger partial charge in [0.2, 0.25) is 11.8 Å². The summed E-state index contributed by atoms with van der Waals surface area (Å²) in [5.41, 5.74) is 5.20. The van der Waals surface area contributed by atoms with Gasteiger partial charge in [-0.2, -0.15) is 0 Å². The maximum Gasteiger partial charge on any atom is 0.234 e. The third-order valence-electron chi connectivity index (χ3n) is 5.62. The fourth-order valence-electron chi connectivity index (χ4n) is 4.03. The molecule has 2 aromatic heterocycles. The van der Waals surface area contributed by atoms with E-state index in [0.29, 0.717) is 22.4 Å². The minimum absolute atomic E-state index is 0.141. The van der Waals surface area contributed by atoms with Gasteiger partial charge in [-0.15, -0.1) is 10.2 Å². The van der Waals surface area contributed by atoms with Crippen molar-refractivity contribution in [2.45, 2.75) is 19.0 Å². The normalized spacial score (nSPS) is 10.9. The van der Waals surface area contributed by atoms with Crippen molar-refractivity contribution in [3.63, 3.8) is 0 Å². The number of nitrogens with zero attached hydrogens (tertiary/aromatic N) is 3. The molecule has 2 heterocycles. The minimum Gasteiger partial charge on any atom is -0.360 e. The number of nitrogens with one attached hydrogen (secondary N) is 3. The van der Waals surface area contributed by atoms with E-state index in [-0.39, 0.29) is 17.6 Å². The van der Waals surface area contributed by atoms with E-state index in [1.54, 1.807) is 24.3 Å². The number of amides is 2. The molecule has 0 aliphatic carbocycles. The number of fused-ring (bicyclic) bond motifs is 1. The topological polar surface area (TPSA) is 105 Å². The summed E-state index contributed by atoms with van der Waals surface area (Å²) in [6.45, 7) is 3.48. The molecule has 9 heteroatoms. The van der Waals surface area contributed by atoms with E-state index in [1.807, 2.05) is 66.2 Å². The second-order valence-electron chi connectivity index (χ2n) is 8.27. The number of para-hydroxylation sites is 2. The number of aromatic nitrogens is 4. The fraction of sp³-hybridized carbons (Fsp3) is 0.111. The molecule has 0 unspecified atom stereocenters. The maximum absolute atomic E-state index is 12.8. The molecule has 0 aliphatic heterocycles. The SMILES string of the molecule is CC(=O)Nc1cccc(NC(=O)CSc2nnc(-c3c[nH]c4ccccc34)n2-c2ccccc2C)c1. The fourth-order valence-corrected chi connectivity index (χ4v) is 4.78. The lowest BCUT2D eigenvalue weighted by atomic mass is 10.1. The Morgan fingerprint density at radius 1 is 0.944 bits per heavy atom. The largest absolute Gasteiger partial charge is 0.360 e. The van der Waals surface area contributed by atoms with Gasteiger partial charge in [-0.3, -0.25) is 14.2 Å². The number of hydrogen-bond donors (Lipinski definition) is 3. The van der Waals surface area contributed by atoms with Gasteiger partial charge in [0.15, 0.2) is 11.0 Å². The van der Waals surface area contributed by atoms with Crippen LogP contribution >= 0.6 is 11.8 Å². The molecular formula is C27H24N6O2S. The maximum atomic E-state index is 12.8. The lowest BCUT2D eigenvalue weighted by Gasteiger charge is -2.13. The molecule has 3 aromatic carbocycles. The second-order valence-corrected chi connectivity index (χ2v) is 9.22. The summed E-state index contributed by atoms with van der Waals surface area (Å²) < 4.78 is 2.00. The van der Waals surface area contributed by atoms with Crippen molar-refractivity contribution in [1.82, 2.24) is 19.7 Å². The van der Waals surface area contributed by atoms with Gasteiger partial charge >= 0.3 is 0 Å². The van der Waals surface area contributed by atoms with Gasteiger partial charge in [0, 0.05) is 41.0 Å². The molecule has 8 nitrogen and oxygen atoms in total. The first-order valence-electron chi connectivity index (χ1n) is 11.4. The van der Waals surface area contributed by atoms with Crippen LogP contribution in [0.15, 0.2) is 84.1 Å². The highest BCUT2D eigenvalue weighted by Crippen LogP contribution is 2.33. The third kappa shape index (κ3) is 4.87. The van der Waals surface area contributed by atoms with Crippen LogP contribution in [-0.4, -0.2) is 37.3 Å². The van der Waals surface area contributed by atoms with Crippen LogP contribution in [0.2, 0.25) is 0 Å². The Hall–Kier alpha value is -4.37. The number of rotatable bonds is 7. The number of carbonyl (C=O) groups excluding carboxylic acids is 2. The van der Waals surface area contributed by atoms with E-state index in [0.717, 1.165) is 27.7 Å². The van der Waals surface area contributed by atoms with Gasteiger partial charge in [-0.25, -0.2) is 0 Å². The van der Waals surface area contributed by atoms with E-state index in [9.17, 15) is 9.59 Å². The molecule has 0 bridgehead atoms. The zero-order chi connectivity index (χ0) is 25.1. The predicted molar refractivity (Wildman–Crippen MR) is 143 cm³/mol. The molecule has 0 saturated carbocycles. The molecule has 0 atom stereocenters. The summed E-state index contributed by atoms with van der Waals surface area (Å²) in [5, 5.41) is 16.2. The Balaban J connectivity index is 1.43. The van der Waals surface area contributed by atoms with Gasteiger partial charge < -0.3 is 15.6 Å². The number of thioether (sulfide) groups is 1. The molecule has 0 saturated heterocycles. The highest BCUT2D eigenvalue weighted by atomic mass is 32.2. The number of anilines is 2. The van der Waals surface area contributed by atoms with Crippen LogP contribution in [0.5, 0.6) is 0 Å². The Bertz CT molecular complexity index is 1570. The average molecular weight is 497 g/mol. The zero-order valence-electron chi connectivity index (χ0n) is 19.8. The van der Waals surface area contributed by atoms with Crippen molar-refractivity contribution in [3.8, 4) is 17.1 Å². The van der Waals surface area contributed by atoms with E-state index < -0.39 is 0 Å². The number of aromatic amines is 1. The molecule has 36 heavy (non-hydrogen) atoms. The molecule has 0 radical (unpaired) electrons. The summed E-state index contributed by atoms with van der Waals surface area (Å²) in [4.78, 5) is 27.4. The van der Waals surface area contributed by atoms with Crippen molar-refractivity contribution in [2.75, 3.05) is 16.4 Å². The van der Waals surface area contributed by atoms with Crippen LogP contribution in [0.25, 0.3) is 28.0 Å². The highest BCUT2D eigenvalue weighted by molar-refractivity contribution is 7.99. The van der Waals surface area contributed by atoms with Crippen molar-refractivity contribution >= 4 is 45.9 Å². The molecule has 0 aliphatic rings. The molecule has 0 spiro atoms. The van der Waals surface area contributed by atoms with E-state index in [2.05, 4.69) is 25.8 Å². The Labute approximate surface area is 212 Å². The lowest BCUT2D eigenvalue weighted by molar-refractivity contribution is -0.114. The summed E-state index contributed by atoms with van der Waals surface area (Å²) in [6.07, 6.45) is 1.94. The van der Waals surface area contributed by atoms with Crippen molar-refractivity contribution in [1.29, 1.82) is 0 Å². The number of benzene rings is 3. The van der Waals surface area contributed by atoms with Crippen molar-refractivity contribution in [2.24, 2.45) is 0 Å². The van der Waals surface area contributed by atoms with Gasteiger partial charge in [0.25, 0.3) is 0 Å². The van der Waals surface area contributed by atoms with Crippen LogP contribution in [0.4, 0.5) is 11.4 Å². The Morgan fingerprint density at radius 2 is 1.69 bits per heavy atom. The van der Waals surface area contributed by atoms with E-state index in [1.165, 1.54) is 18.7 Å². The van der Waals surface area contributed by atoms with E-state index in [4.69, 9.17) is 0 Å². The molecule has 180 valence electrons.